The molecule has 0 unspecified atom stereocenters. The lowest BCUT2D eigenvalue weighted by atomic mass is 10.1. The molecule has 1 heterocycles. The van der Waals surface area contributed by atoms with E-state index in [1.807, 2.05) is 0 Å². The summed E-state index contributed by atoms with van der Waals surface area (Å²) in [5, 5.41) is 19.9. The van der Waals surface area contributed by atoms with Crippen LogP contribution in [0.4, 0.5) is 4.39 Å². The fraction of sp³-hybridized carbons (Fsp3) is 0.385. The zero-order valence-electron chi connectivity index (χ0n) is 11.1. The van der Waals surface area contributed by atoms with Crippen LogP contribution in [-0.2, 0) is 13.0 Å². The second kappa shape index (κ2) is 6.61. The summed E-state index contributed by atoms with van der Waals surface area (Å²) in [6, 6.07) is 6.84. The topological polar surface area (TPSA) is 76.6 Å². The summed E-state index contributed by atoms with van der Waals surface area (Å²) in [6.45, 7) is 0.578. The Morgan fingerprint density at radius 2 is 2.30 bits per heavy atom. The van der Waals surface area contributed by atoms with E-state index in [-0.39, 0.29) is 5.75 Å². The van der Waals surface area contributed by atoms with Gasteiger partial charge in [-0.15, -0.1) is 5.10 Å². The summed E-state index contributed by atoms with van der Waals surface area (Å²) in [7, 11) is 1.42. The molecule has 0 saturated carbocycles. The van der Waals surface area contributed by atoms with E-state index >= 15 is 0 Å². The van der Waals surface area contributed by atoms with Gasteiger partial charge in [0, 0.05) is 19.4 Å². The van der Waals surface area contributed by atoms with Crippen molar-refractivity contribution in [2.75, 3.05) is 7.11 Å². The molecule has 2 aromatic rings. The van der Waals surface area contributed by atoms with E-state index in [1.54, 1.807) is 16.8 Å². The summed E-state index contributed by atoms with van der Waals surface area (Å²) < 4.78 is 20.1. The number of hydrogen-bond donors (Lipinski definition) is 0. The van der Waals surface area contributed by atoms with E-state index in [0.717, 1.165) is 5.56 Å². The normalized spacial score (nSPS) is 10.2. The Kier molecular flexibility index (Phi) is 4.60. The average Bonchev–Trinajstić information content (AvgIpc) is 2.87. The predicted molar refractivity (Wildman–Crippen MR) is 68.4 cm³/mol. The minimum absolute atomic E-state index is 0.211. The van der Waals surface area contributed by atoms with Gasteiger partial charge < -0.3 is 4.74 Å². The molecule has 0 radical (unpaired) electrons. The molecule has 0 atom stereocenters. The minimum Gasteiger partial charge on any atom is -0.494 e. The highest BCUT2D eigenvalue weighted by molar-refractivity contribution is 5.30. The molecule has 0 bridgehead atoms. The van der Waals surface area contributed by atoms with Crippen LogP contribution in [0.3, 0.4) is 0 Å². The first-order valence-electron chi connectivity index (χ1n) is 6.19. The first-order valence-corrected chi connectivity index (χ1v) is 6.19. The maximum Gasteiger partial charge on any atom is 0.165 e. The maximum atomic E-state index is 13.6. The molecule has 0 saturated heterocycles. The van der Waals surface area contributed by atoms with Crippen molar-refractivity contribution >= 4 is 0 Å². The SMILES string of the molecule is COc1ccc(Cc2nnnn2CCCC#N)cc1F. The Morgan fingerprint density at radius 1 is 1.45 bits per heavy atom. The standard InChI is InChI=1S/C13H14FN5O/c1-20-12-5-4-10(8-11(12)14)9-13-16-17-18-19(13)7-3-2-6-15/h4-5,8H,2-3,7,9H2,1H3. The highest BCUT2D eigenvalue weighted by Crippen LogP contribution is 2.19. The molecular weight excluding hydrogens is 261 g/mol. The molecule has 6 nitrogen and oxygen atoms in total. The molecule has 1 aromatic heterocycles. The molecule has 0 fully saturated rings. The number of nitriles is 1. The van der Waals surface area contributed by atoms with Crippen LogP contribution in [0.2, 0.25) is 0 Å². The molecule has 0 aliphatic carbocycles. The minimum atomic E-state index is -0.409. The number of benzene rings is 1. The summed E-state index contributed by atoms with van der Waals surface area (Å²) in [5.41, 5.74) is 0.764. The highest BCUT2D eigenvalue weighted by Gasteiger charge is 2.09. The molecule has 0 aliphatic heterocycles. The Labute approximate surface area is 115 Å². The zero-order valence-corrected chi connectivity index (χ0v) is 11.1. The van der Waals surface area contributed by atoms with Crippen LogP contribution in [0.25, 0.3) is 0 Å². The molecule has 0 N–H and O–H groups in total. The van der Waals surface area contributed by atoms with Crippen molar-refractivity contribution in [2.45, 2.75) is 25.8 Å². The van der Waals surface area contributed by atoms with Crippen molar-refractivity contribution in [3.8, 4) is 11.8 Å². The number of rotatable bonds is 6. The smallest absolute Gasteiger partial charge is 0.165 e. The lowest BCUT2D eigenvalue weighted by molar-refractivity contribution is 0.386. The van der Waals surface area contributed by atoms with Gasteiger partial charge in [-0.25, -0.2) is 9.07 Å². The molecule has 20 heavy (non-hydrogen) atoms. The van der Waals surface area contributed by atoms with Crippen LogP contribution in [0, 0.1) is 17.1 Å². The third-order valence-electron chi connectivity index (χ3n) is 2.84. The van der Waals surface area contributed by atoms with Gasteiger partial charge in [0.15, 0.2) is 17.4 Å². The number of unbranched alkanes of at least 4 members (excludes halogenated alkanes) is 1. The van der Waals surface area contributed by atoms with Crippen molar-refractivity contribution < 1.29 is 9.13 Å². The number of halogens is 1. The van der Waals surface area contributed by atoms with Gasteiger partial charge in [0.05, 0.1) is 13.2 Å². The number of aryl methyl sites for hydroxylation is 1. The molecule has 7 heteroatoms. The monoisotopic (exact) mass is 275 g/mol. The fourth-order valence-electron chi connectivity index (χ4n) is 1.83. The van der Waals surface area contributed by atoms with Gasteiger partial charge in [0.25, 0.3) is 0 Å². The Balaban J connectivity index is 2.08. The van der Waals surface area contributed by atoms with Crippen molar-refractivity contribution in [3.05, 3.63) is 35.4 Å². The van der Waals surface area contributed by atoms with Crippen molar-refractivity contribution in [3.63, 3.8) is 0 Å². The largest absolute Gasteiger partial charge is 0.494 e. The summed E-state index contributed by atoms with van der Waals surface area (Å²) in [6.07, 6.45) is 1.57. The van der Waals surface area contributed by atoms with Crippen molar-refractivity contribution in [1.82, 2.24) is 20.2 Å². The third-order valence-corrected chi connectivity index (χ3v) is 2.84. The van der Waals surface area contributed by atoms with Crippen LogP contribution in [0.15, 0.2) is 18.2 Å². The number of tetrazole rings is 1. The first kappa shape index (κ1) is 13.9. The van der Waals surface area contributed by atoms with E-state index in [4.69, 9.17) is 10.00 Å². The lowest BCUT2D eigenvalue weighted by Gasteiger charge is -2.06. The van der Waals surface area contributed by atoms with Gasteiger partial charge in [0.1, 0.15) is 0 Å². The highest BCUT2D eigenvalue weighted by atomic mass is 19.1. The van der Waals surface area contributed by atoms with Gasteiger partial charge in [-0.1, -0.05) is 6.07 Å². The van der Waals surface area contributed by atoms with Crippen LogP contribution >= 0.6 is 0 Å². The van der Waals surface area contributed by atoms with Crippen molar-refractivity contribution in [2.24, 2.45) is 0 Å². The molecule has 0 spiro atoms. The maximum absolute atomic E-state index is 13.6. The van der Waals surface area contributed by atoms with Crippen LogP contribution in [0.5, 0.6) is 5.75 Å². The van der Waals surface area contributed by atoms with Crippen LogP contribution in [0.1, 0.15) is 24.2 Å². The van der Waals surface area contributed by atoms with Gasteiger partial charge in [0.2, 0.25) is 0 Å². The van der Waals surface area contributed by atoms with Crippen molar-refractivity contribution in [1.29, 1.82) is 5.26 Å². The van der Waals surface area contributed by atoms with E-state index in [0.29, 0.717) is 31.6 Å². The lowest BCUT2D eigenvalue weighted by Crippen LogP contribution is -2.07. The number of methoxy groups -OCH3 is 1. The first-order chi connectivity index (χ1) is 9.74. The predicted octanol–water partition coefficient (Wildman–Crippen LogP) is 1.72. The molecule has 0 aliphatic rings. The Hall–Kier alpha value is -2.49. The Bertz CT molecular complexity index is 619. The van der Waals surface area contributed by atoms with Gasteiger partial charge >= 0.3 is 0 Å². The fourth-order valence-corrected chi connectivity index (χ4v) is 1.83. The van der Waals surface area contributed by atoms with E-state index in [2.05, 4.69) is 21.6 Å². The average molecular weight is 275 g/mol. The van der Waals surface area contributed by atoms with E-state index < -0.39 is 5.82 Å². The second-order valence-corrected chi connectivity index (χ2v) is 4.23. The molecular formula is C13H14FN5O. The van der Waals surface area contributed by atoms with Gasteiger partial charge in [-0.3, -0.25) is 0 Å². The number of hydrogen-bond acceptors (Lipinski definition) is 5. The van der Waals surface area contributed by atoms with E-state index in [9.17, 15) is 4.39 Å². The second-order valence-electron chi connectivity index (χ2n) is 4.23. The number of aromatic nitrogens is 4. The molecule has 1 aromatic carbocycles. The van der Waals surface area contributed by atoms with Gasteiger partial charge in [-0.2, -0.15) is 5.26 Å². The summed E-state index contributed by atoms with van der Waals surface area (Å²) in [5.74, 6) is 0.448. The number of nitrogens with zero attached hydrogens (tertiary/aromatic N) is 5. The third kappa shape index (κ3) is 3.29. The summed E-state index contributed by atoms with van der Waals surface area (Å²) >= 11 is 0. The molecule has 2 rings (SSSR count). The van der Waals surface area contributed by atoms with Gasteiger partial charge in [-0.05, 0) is 34.5 Å². The Morgan fingerprint density at radius 3 is 3.00 bits per heavy atom. The van der Waals surface area contributed by atoms with Crippen LogP contribution in [-0.4, -0.2) is 27.3 Å². The molecule has 0 amide bonds. The van der Waals surface area contributed by atoms with E-state index in [1.165, 1.54) is 13.2 Å². The zero-order chi connectivity index (χ0) is 14.4. The van der Waals surface area contributed by atoms with Crippen LogP contribution < -0.4 is 4.74 Å². The quantitative estimate of drug-likeness (QED) is 0.750. The summed E-state index contributed by atoms with van der Waals surface area (Å²) in [4.78, 5) is 0. The number of ether oxygens (including phenoxy) is 1. The molecule has 104 valence electrons.